The molecule has 20 atom stereocenters. The third kappa shape index (κ3) is 17.0. The number of hydrogen-bond acceptors (Lipinski definition) is 36. The van der Waals surface area contributed by atoms with Gasteiger partial charge in [-0.05, 0) is 19.1 Å². The van der Waals surface area contributed by atoms with Crippen LogP contribution in [-0.4, -0.2) is 191 Å². The smallest absolute Gasteiger partial charge is 0.390 e. The van der Waals surface area contributed by atoms with Crippen molar-refractivity contribution < 1.29 is 117 Å². The lowest BCUT2D eigenvalue weighted by molar-refractivity contribution is -0.0642. The second kappa shape index (κ2) is 29.6. The lowest BCUT2D eigenvalue weighted by Gasteiger charge is -2.25. The zero-order valence-electron chi connectivity index (χ0n) is 52.1. The molecule has 5 saturated heterocycles. The first kappa shape index (κ1) is 74.3. The number of imidazole rings is 2. The summed E-state index contributed by atoms with van der Waals surface area (Å²) >= 11 is 0. The highest BCUT2D eigenvalue weighted by Crippen LogP contribution is 2.55. The summed E-state index contributed by atoms with van der Waals surface area (Å²) < 4.78 is 151. The number of aromatic amines is 3. The van der Waals surface area contributed by atoms with Crippen molar-refractivity contribution in [1.29, 1.82) is 0 Å². The molecule has 12 rings (SSSR count). The molecule has 12 heterocycles. The maximum atomic E-state index is 14.2. The number of phosphoric acid groups is 4. The van der Waals surface area contributed by atoms with Gasteiger partial charge in [-0.1, -0.05) is 0 Å². The van der Waals surface area contributed by atoms with Crippen molar-refractivity contribution >= 4 is 85.4 Å². The van der Waals surface area contributed by atoms with Gasteiger partial charge in [0.15, 0.2) is 22.3 Å². The Kier molecular flexibility index (Phi) is 21.6. The van der Waals surface area contributed by atoms with Gasteiger partial charge in [0.1, 0.15) is 104 Å². The molecule has 5 unspecified atom stereocenters. The largest absolute Gasteiger partial charge is 0.694 e. The number of nitrogens with one attached hydrogen (secondary N) is 3. The lowest BCUT2D eigenvalue weighted by atomic mass is 10.2. The Morgan fingerprint density at radius 2 is 0.863 bits per heavy atom. The predicted octanol–water partition coefficient (Wildman–Crippen LogP) is -2.57. The number of nitrogens with two attached hydrogens (primary N) is 4. The molecule has 0 bridgehead atoms. The molecule has 0 saturated carbocycles. The molecule has 0 spiro atoms. The first-order valence-corrected chi connectivity index (χ1v) is 37.1. The maximum absolute atomic E-state index is 14.2. The summed E-state index contributed by atoms with van der Waals surface area (Å²) in [5.41, 5.74) is 17.0. The monoisotopic (exact) mass is 1540 g/mol. The third-order valence-electron chi connectivity index (χ3n) is 16.3. The predicted molar refractivity (Wildman–Crippen MR) is 334 cm³/mol. The van der Waals surface area contributed by atoms with E-state index in [1.165, 1.54) is 34.4 Å². The Bertz CT molecular complexity index is 4920. The average Bonchev–Trinajstić information content (AvgIpc) is 1.63. The fourth-order valence-electron chi connectivity index (χ4n) is 11.6. The summed E-state index contributed by atoms with van der Waals surface area (Å²) in [7, 11) is -25.1. The zero-order chi connectivity index (χ0) is 73.1. The number of fused-ring (bicyclic) bond motifs is 2. The second-order valence-electron chi connectivity index (χ2n) is 23.2. The van der Waals surface area contributed by atoms with E-state index in [0.717, 1.165) is 38.7 Å². The minimum atomic E-state index is -5.57. The van der Waals surface area contributed by atoms with Gasteiger partial charge in [0.05, 0.1) is 45.2 Å². The summed E-state index contributed by atoms with van der Waals surface area (Å²) in [5.74, 6) is -0.969. The van der Waals surface area contributed by atoms with Crippen LogP contribution in [0, 0.1) is 6.92 Å². The van der Waals surface area contributed by atoms with Crippen LogP contribution < -0.4 is 56.7 Å². The molecule has 54 heteroatoms. The number of phosphoric ester groups is 4. The molecule has 0 aliphatic carbocycles. The van der Waals surface area contributed by atoms with Crippen molar-refractivity contribution in [3.63, 3.8) is 0 Å². The number of aryl methyl sites for hydroxylation is 1. The standard InChI is InChI=1S/C48H61N18O31P5/c1-19-11-64(48(73)61-41(19)68)34-8-23(96-102(82,83)88-16-29-24(10-36(93-29)66-18-54-38-40(66)58-45(52)60-43(38)70)97-99(76,77)85-13-25-20(67)6-32(89-25)62-4-2-30(49)55-46(62)71)28(92-34)15-87-101(80,81)95-22-7-33(63-5-3-31(50)56-47(63)72)91-27(22)14-86-100(78,79)94-21-9-35(90-26(21)12-84-98(74)75)65-17-53-37-39(65)57-44(51)59-42(37)69/h2-5,11,17-18,20-29,32-36,67H,6-10,12-16H2,1H3,(H15-,49,50,51,52,55,56,57,58,59,60,61,68,69,70,71,72,73,74,75,76,77,78,79,80,81,82,83)/p+1/t20-,21-,22-,23-,24-,25+,26+,27+,28+,29+,32+,33+,34+,35+,36+/m0/s1. The van der Waals surface area contributed by atoms with Gasteiger partial charge in [-0.25, -0.2) is 42.6 Å². The zero-order valence-corrected chi connectivity index (χ0v) is 56.6. The summed E-state index contributed by atoms with van der Waals surface area (Å²) in [6.07, 6.45) is -19.0. The first-order valence-electron chi connectivity index (χ1n) is 30.0. The number of anilines is 4. The highest BCUT2D eigenvalue weighted by Gasteiger charge is 2.50. The van der Waals surface area contributed by atoms with Crippen LogP contribution in [0.4, 0.5) is 23.5 Å². The number of rotatable bonds is 28. The molecule has 0 amide bonds. The fourth-order valence-corrected chi connectivity index (χ4v) is 15.7. The van der Waals surface area contributed by atoms with Gasteiger partial charge in [-0.15, -0.1) is 9.42 Å². The number of ether oxygens (including phenoxy) is 5. The molecular formula is C48H62N18O31P5+. The molecule has 0 aromatic carbocycles. The SMILES string of the molecule is Cc1cn([C@H]2C[C@H](OP(=O)(O)OC[C@H]3O[C@@H](n4cnc5c(=O)[nH]c(N)nc54)C[C@@H]3OP(=O)(O)OC[C@H]3O[C@@H](n4ccc(N)nc4=O)C[C@@H]3O)[C@@H](COP(=O)(O)O[C@H]3C[C@H](n4ccc(N)nc4=O)O[C@@H]3COP(=O)(O)O[C@H]3C[C@H](n4cnc5c(=O)[nH]c(N)nc54)O[C@@H]3CO[P+](=O)O)O2)c(=O)[nH]c1=O. The molecular weight excluding hydrogens is 1480 g/mol. The number of aromatic nitrogens is 14. The van der Waals surface area contributed by atoms with E-state index in [4.69, 9.17) is 87.3 Å². The Morgan fingerprint density at radius 1 is 0.510 bits per heavy atom. The number of nitrogen functional groups attached to an aromatic ring is 4. The summed E-state index contributed by atoms with van der Waals surface area (Å²) in [4.78, 5) is 161. The van der Waals surface area contributed by atoms with E-state index in [2.05, 4.69) is 44.9 Å². The van der Waals surface area contributed by atoms with E-state index in [1.54, 1.807) is 0 Å². The van der Waals surface area contributed by atoms with Crippen LogP contribution in [0.3, 0.4) is 0 Å². The quantitative estimate of drug-likeness (QED) is 0.0224. The molecule has 7 aromatic heterocycles. The lowest BCUT2D eigenvalue weighted by Crippen LogP contribution is -2.33. The summed E-state index contributed by atoms with van der Waals surface area (Å²) in [6, 6.07) is 2.49. The van der Waals surface area contributed by atoms with E-state index in [1.807, 2.05) is 0 Å². The summed E-state index contributed by atoms with van der Waals surface area (Å²) in [6.45, 7) is -3.44. The Hall–Kier alpha value is -7.44. The van der Waals surface area contributed by atoms with Crippen molar-refractivity contribution in [2.75, 3.05) is 56.0 Å². The number of aliphatic hydroxyl groups excluding tert-OH is 1. The van der Waals surface area contributed by atoms with Crippen molar-refractivity contribution in [3.05, 3.63) is 111 Å². The minimum absolute atomic E-state index is 0.0283. The molecule has 5 aliphatic heterocycles. The van der Waals surface area contributed by atoms with Crippen molar-refractivity contribution in [2.45, 2.75) is 131 Å². The number of hydrogen-bond donors (Lipinski definition) is 13. The van der Waals surface area contributed by atoms with Gasteiger partial charge in [-0.3, -0.25) is 88.4 Å². The normalized spacial score (nSPS) is 29.3. The number of aliphatic hydroxyl groups is 1. The summed E-state index contributed by atoms with van der Waals surface area (Å²) in [5, 5.41) is 10.8. The number of H-pyrrole nitrogens is 3. The molecule has 5 aliphatic rings. The highest BCUT2D eigenvalue weighted by atomic mass is 31.2. The topological polar surface area (TPSA) is 692 Å². The van der Waals surface area contributed by atoms with Crippen molar-refractivity contribution in [1.82, 2.24) is 67.7 Å². The minimum Gasteiger partial charge on any atom is -0.390 e. The van der Waals surface area contributed by atoms with E-state index in [-0.39, 0.29) is 64.3 Å². The first-order chi connectivity index (χ1) is 48.1. The van der Waals surface area contributed by atoms with Gasteiger partial charge in [0.25, 0.3) is 16.7 Å². The fraction of sp³-hybridized carbons (Fsp3) is 0.542. The van der Waals surface area contributed by atoms with Gasteiger partial charge >= 0.3 is 56.6 Å². The van der Waals surface area contributed by atoms with Crippen LogP contribution in [0.2, 0.25) is 0 Å². The number of nitrogens with zero attached hydrogens (tertiary/aromatic N) is 11. The van der Waals surface area contributed by atoms with Crippen LogP contribution in [0.5, 0.6) is 0 Å². The maximum Gasteiger partial charge on any atom is 0.694 e. The molecule has 17 N–H and O–H groups in total. The highest BCUT2D eigenvalue weighted by molar-refractivity contribution is 7.48. The van der Waals surface area contributed by atoms with Gasteiger partial charge in [0.2, 0.25) is 11.9 Å². The Labute approximate surface area is 566 Å². The van der Waals surface area contributed by atoms with Gasteiger partial charge in [-0.2, -0.15) is 19.9 Å². The van der Waals surface area contributed by atoms with Gasteiger partial charge in [0, 0.05) is 60.8 Å². The van der Waals surface area contributed by atoms with Crippen molar-refractivity contribution in [2.24, 2.45) is 0 Å². The molecule has 7 aromatic rings. The average molecular weight is 1540 g/mol. The molecule has 5 fully saturated rings. The van der Waals surface area contributed by atoms with Gasteiger partial charge < -0.3 is 71.3 Å². The van der Waals surface area contributed by atoms with Crippen LogP contribution in [-0.2, 0) is 87.2 Å². The van der Waals surface area contributed by atoms with E-state index >= 15 is 0 Å². The third-order valence-corrected chi connectivity index (χ3v) is 20.7. The molecule has 554 valence electrons. The van der Waals surface area contributed by atoms with E-state index < -0.39 is 218 Å². The van der Waals surface area contributed by atoms with Crippen LogP contribution in [0.1, 0.15) is 68.8 Å². The Balaban J connectivity index is 0.740. The molecule has 0 radical (unpaired) electrons. The van der Waals surface area contributed by atoms with Crippen LogP contribution in [0.25, 0.3) is 22.3 Å². The van der Waals surface area contributed by atoms with Crippen LogP contribution in [0.15, 0.2) is 72.1 Å². The van der Waals surface area contributed by atoms with E-state index in [9.17, 15) is 81.2 Å². The van der Waals surface area contributed by atoms with Crippen LogP contribution >= 0.6 is 39.5 Å². The molecule has 102 heavy (non-hydrogen) atoms. The second-order valence-corrected chi connectivity index (χ2v) is 29.5. The molecule has 49 nitrogen and oxygen atoms in total. The van der Waals surface area contributed by atoms with E-state index in [0.29, 0.717) is 0 Å². The Morgan fingerprint density at radius 3 is 1.25 bits per heavy atom. The van der Waals surface area contributed by atoms with Crippen molar-refractivity contribution in [3.8, 4) is 0 Å².